The van der Waals surface area contributed by atoms with Gasteiger partial charge in [0, 0.05) is 57.2 Å². The molecule has 2 aromatic heterocycles. The number of nitrogens with zero attached hydrogens (tertiary/aromatic N) is 5. The van der Waals surface area contributed by atoms with Gasteiger partial charge in [-0.3, -0.25) is 14.8 Å². The van der Waals surface area contributed by atoms with E-state index in [0.717, 1.165) is 64.0 Å². The van der Waals surface area contributed by atoms with E-state index < -0.39 is 0 Å². The van der Waals surface area contributed by atoms with Gasteiger partial charge in [-0.15, -0.1) is 0 Å². The van der Waals surface area contributed by atoms with E-state index in [9.17, 15) is 0 Å². The number of aryl methyl sites for hydroxylation is 1. The van der Waals surface area contributed by atoms with Gasteiger partial charge in [0.15, 0.2) is 0 Å². The Morgan fingerprint density at radius 3 is 2.73 bits per heavy atom. The van der Waals surface area contributed by atoms with Crippen LogP contribution in [0.5, 0.6) is 0 Å². The van der Waals surface area contributed by atoms with Crippen LogP contribution in [0, 0.1) is 5.41 Å². The van der Waals surface area contributed by atoms with Crippen molar-refractivity contribution in [3.05, 3.63) is 48.3 Å². The van der Waals surface area contributed by atoms with Gasteiger partial charge >= 0.3 is 0 Å². The Bertz CT molecular complexity index is 703. The van der Waals surface area contributed by atoms with Crippen molar-refractivity contribution in [3.8, 4) is 0 Å². The van der Waals surface area contributed by atoms with Crippen molar-refractivity contribution in [3.63, 3.8) is 0 Å². The van der Waals surface area contributed by atoms with Crippen molar-refractivity contribution in [2.75, 3.05) is 39.4 Å². The topological polar surface area (TPSA) is 46.4 Å². The molecule has 2 fully saturated rings. The highest BCUT2D eigenvalue weighted by molar-refractivity contribution is 5.04. The fraction of sp³-hybridized carbons (Fsp3) is 0.600. The zero-order valence-electron chi connectivity index (χ0n) is 15.7. The largest absolute Gasteiger partial charge is 0.379 e. The molecule has 4 heterocycles. The number of pyridine rings is 1. The second-order valence-corrected chi connectivity index (χ2v) is 7.85. The minimum absolute atomic E-state index is 0.217. The van der Waals surface area contributed by atoms with Crippen molar-refractivity contribution in [2.45, 2.75) is 25.9 Å². The number of aromatic nitrogens is 3. The van der Waals surface area contributed by atoms with E-state index in [-0.39, 0.29) is 5.41 Å². The highest BCUT2D eigenvalue weighted by Gasteiger charge is 2.39. The highest BCUT2D eigenvalue weighted by Crippen LogP contribution is 2.33. The second kappa shape index (κ2) is 7.86. The van der Waals surface area contributed by atoms with Crippen LogP contribution in [0.25, 0.3) is 0 Å². The summed E-state index contributed by atoms with van der Waals surface area (Å²) in [4.78, 5) is 14.1. The lowest BCUT2D eigenvalue weighted by molar-refractivity contribution is 0.00144. The maximum absolute atomic E-state index is 6.05. The molecule has 4 rings (SSSR count). The van der Waals surface area contributed by atoms with Crippen molar-refractivity contribution in [2.24, 2.45) is 12.5 Å². The summed E-state index contributed by atoms with van der Waals surface area (Å²) in [6.07, 6.45) is 8.26. The van der Waals surface area contributed by atoms with Crippen LogP contribution in [-0.4, -0.2) is 63.7 Å². The summed E-state index contributed by atoms with van der Waals surface area (Å²) in [5.74, 6) is 1.14. The van der Waals surface area contributed by atoms with Crippen molar-refractivity contribution >= 4 is 0 Å². The third-order valence-electron chi connectivity index (χ3n) is 5.66. The number of piperidine rings is 1. The van der Waals surface area contributed by atoms with Crippen LogP contribution in [0.4, 0.5) is 0 Å². The number of hydrogen-bond acceptors (Lipinski definition) is 5. The quantitative estimate of drug-likeness (QED) is 0.839. The molecule has 1 spiro atoms. The van der Waals surface area contributed by atoms with E-state index in [1.165, 1.54) is 12.8 Å². The Kier molecular flexibility index (Phi) is 5.33. The molecule has 0 aliphatic carbocycles. The number of likely N-dealkylation sites (tertiary alicyclic amines) is 1. The average molecular weight is 355 g/mol. The molecule has 0 saturated carbocycles. The third-order valence-corrected chi connectivity index (χ3v) is 5.66. The van der Waals surface area contributed by atoms with Gasteiger partial charge in [0.05, 0.1) is 25.5 Å². The van der Waals surface area contributed by atoms with E-state index in [2.05, 4.69) is 43.5 Å². The highest BCUT2D eigenvalue weighted by atomic mass is 16.5. The van der Waals surface area contributed by atoms with Crippen LogP contribution in [0.15, 0.2) is 36.8 Å². The summed E-state index contributed by atoms with van der Waals surface area (Å²) in [5.41, 5.74) is 1.36. The Labute approximate surface area is 155 Å². The Hall–Kier alpha value is -1.76. The summed E-state index contributed by atoms with van der Waals surface area (Å²) in [6, 6.07) is 6.17. The molecule has 1 atom stereocenters. The van der Waals surface area contributed by atoms with Gasteiger partial charge in [0.2, 0.25) is 0 Å². The van der Waals surface area contributed by atoms with Gasteiger partial charge < -0.3 is 9.30 Å². The van der Waals surface area contributed by atoms with Gasteiger partial charge in [-0.25, -0.2) is 4.98 Å². The number of hydrogen-bond donors (Lipinski definition) is 0. The molecule has 0 N–H and O–H groups in total. The normalized spacial score (nSPS) is 25.4. The van der Waals surface area contributed by atoms with Crippen molar-refractivity contribution in [1.82, 2.24) is 24.3 Å². The fourth-order valence-corrected chi connectivity index (χ4v) is 4.38. The van der Waals surface area contributed by atoms with E-state index in [1.807, 2.05) is 24.7 Å². The maximum Gasteiger partial charge on any atom is 0.122 e. The minimum atomic E-state index is 0.217. The van der Waals surface area contributed by atoms with Gasteiger partial charge in [0.1, 0.15) is 5.82 Å². The number of rotatable bonds is 4. The van der Waals surface area contributed by atoms with Gasteiger partial charge in [-0.05, 0) is 31.5 Å². The lowest BCUT2D eigenvalue weighted by Crippen LogP contribution is -2.50. The minimum Gasteiger partial charge on any atom is -0.379 e. The monoisotopic (exact) mass is 355 g/mol. The Morgan fingerprint density at radius 2 is 1.96 bits per heavy atom. The maximum atomic E-state index is 6.05. The number of imidazole rings is 1. The first kappa shape index (κ1) is 17.6. The molecule has 0 aromatic carbocycles. The fourth-order valence-electron chi connectivity index (χ4n) is 4.38. The molecule has 140 valence electrons. The van der Waals surface area contributed by atoms with Crippen LogP contribution < -0.4 is 0 Å². The van der Waals surface area contributed by atoms with Crippen LogP contribution in [-0.2, 0) is 24.9 Å². The lowest BCUT2D eigenvalue weighted by atomic mass is 9.80. The van der Waals surface area contributed by atoms with E-state index in [1.54, 1.807) is 0 Å². The molecule has 2 saturated heterocycles. The predicted octanol–water partition coefficient (Wildman–Crippen LogP) is 1.93. The van der Waals surface area contributed by atoms with Gasteiger partial charge in [-0.1, -0.05) is 6.07 Å². The Morgan fingerprint density at radius 1 is 1.08 bits per heavy atom. The first-order valence-corrected chi connectivity index (χ1v) is 9.61. The molecule has 2 aromatic rings. The van der Waals surface area contributed by atoms with Crippen molar-refractivity contribution < 1.29 is 4.74 Å². The molecule has 0 bridgehead atoms. The molecule has 0 amide bonds. The van der Waals surface area contributed by atoms with Gasteiger partial charge in [0.25, 0.3) is 0 Å². The van der Waals surface area contributed by atoms with Crippen LogP contribution >= 0.6 is 0 Å². The summed E-state index contributed by atoms with van der Waals surface area (Å²) < 4.78 is 8.18. The predicted molar refractivity (Wildman–Crippen MR) is 100 cm³/mol. The molecule has 0 radical (unpaired) electrons. The zero-order chi connectivity index (χ0) is 17.8. The smallest absolute Gasteiger partial charge is 0.122 e. The van der Waals surface area contributed by atoms with E-state index in [4.69, 9.17) is 4.74 Å². The lowest BCUT2D eigenvalue weighted by Gasteiger charge is -2.43. The standard InChI is InChI=1S/C20H29N5O/c1-23-10-8-22-19(23)14-24-9-4-6-20(15-24)16-25(11-12-26-17-20)13-18-5-2-3-7-21-18/h2-3,5,7-8,10H,4,6,9,11-17H2,1H3/t20-/m1/s1. The van der Waals surface area contributed by atoms with Crippen molar-refractivity contribution in [1.29, 1.82) is 0 Å². The molecule has 6 heteroatoms. The van der Waals surface area contributed by atoms with Crippen LogP contribution in [0.1, 0.15) is 24.4 Å². The Balaban J connectivity index is 1.44. The molecular weight excluding hydrogens is 326 g/mol. The zero-order valence-corrected chi connectivity index (χ0v) is 15.7. The third kappa shape index (κ3) is 4.14. The SMILES string of the molecule is Cn1ccnc1CN1CCC[C@@]2(COCCN(Cc3ccccn3)C2)C1. The molecular formula is C20H29N5O. The summed E-state index contributed by atoms with van der Waals surface area (Å²) in [7, 11) is 2.07. The first-order valence-electron chi connectivity index (χ1n) is 9.61. The first-order chi connectivity index (χ1) is 12.7. The second-order valence-electron chi connectivity index (χ2n) is 7.85. The van der Waals surface area contributed by atoms with Gasteiger partial charge in [-0.2, -0.15) is 0 Å². The van der Waals surface area contributed by atoms with E-state index >= 15 is 0 Å². The molecule has 2 aliphatic heterocycles. The molecule has 2 aliphatic rings. The molecule has 0 unspecified atom stereocenters. The van der Waals surface area contributed by atoms with E-state index in [0.29, 0.717) is 0 Å². The summed E-state index contributed by atoms with van der Waals surface area (Å²) >= 11 is 0. The summed E-state index contributed by atoms with van der Waals surface area (Å²) in [5, 5.41) is 0. The number of ether oxygens (including phenoxy) is 1. The molecule has 26 heavy (non-hydrogen) atoms. The average Bonchev–Trinajstić information content (AvgIpc) is 2.94. The van der Waals surface area contributed by atoms with Crippen LogP contribution in [0.3, 0.4) is 0 Å². The summed E-state index contributed by atoms with van der Waals surface area (Å²) in [6.45, 7) is 7.80. The van der Waals surface area contributed by atoms with Crippen LogP contribution in [0.2, 0.25) is 0 Å². The molecule has 6 nitrogen and oxygen atoms in total.